The first-order valence-electron chi connectivity index (χ1n) is 7.52. The van der Waals surface area contributed by atoms with Gasteiger partial charge < -0.3 is 10.0 Å². The van der Waals surface area contributed by atoms with Crippen LogP contribution in [0.2, 0.25) is 0 Å². The molecule has 1 aliphatic heterocycles. The fourth-order valence-corrected chi connectivity index (χ4v) is 2.95. The van der Waals surface area contributed by atoms with Gasteiger partial charge in [-0.2, -0.15) is 0 Å². The van der Waals surface area contributed by atoms with E-state index < -0.39 is 12.0 Å². The zero-order valence-electron chi connectivity index (χ0n) is 12.6. The van der Waals surface area contributed by atoms with Crippen LogP contribution in [0.4, 0.5) is 10.1 Å². The third-order valence-corrected chi connectivity index (χ3v) is 4.13. The van der Waals surface area contributed by atoms with Crippen molar-refractivity contribution in [3.63, 3.8) is 0 Å². The van der Waals surface area contributed by atoms with Gasteiger partial charge in [0, 0.05) is 44.3 Å². The largest absolute Gasteiger partial charge is 0.480 e. The van der Waals surface area contributed by atoms with E-state index >= 15 is 0 Å². The Morgan fingerprint density at radius 2 is 1.65 bits per heavy atom. The van der Waals surface area contributed by atoms with Crippen molar-refractivity contribution in [1.82, 2.24) is 9.88 Å². The number of carboxylic acids is 1. The number of hydrogen-bond donors (Lipinski definition) is 1. The molecule has 1 fully saturated rings. The van der Waals surface area contributed by atoms with Crippen LogP contribution in [-0.4, -0.2) is 47.1 Å². The van der Waals surface area contributed by atoms with Gasteiger partial charge in [0.05, 0.1) is 0 Å². The van der Waals surface area contributed by atoms with Gasteiger partial charge in [0.2, 0.25) is 0 Å². The average Bonchev–Trinajstić information content (AvgIpc) is 2.57. The van der Waals surface area contributed by atoms with Crippen molar-refractivity contribution < 1.29 is 14.3 Å². The molecular weight excluding hydrogens is 297 g/mol. The first kappa shape index (κ1) is 15.4. The smallest absolute Gasteiger partial charge is 0.325 e. The number of hydrogen-bond acceptors (Lipinski definition) is 4. The standard InChI is InChI=1S/C17H18FN3O2/c18-14-1-3-15(4-2-14)20-9-11-21(12-10-20)16(17(22)23)13-5-7-19-8-6-13/h1-8,16H,9-12H2,(H,22,23)/t16-/m0/s1. The molecule has 1 aromatic carbocycles. The second-order valence-electron chi connectivity index (χ2n) is 5.52. The zero-order chi connectivity index (χ0) is 16.2. The number of anilines is 1. The van der Waals surface area contributed by atoms with E-state index in [4.69, 9.17) is 0 Å². The Bertz CT molecular complexity index is 655. The SMILES string of the molecule is O=C(O)[C@H](c1ccncc1)N1CCN(c2ccc(F)cc2)CC1. The number of halogens is 1. The molecule has 1 aliphatic rings. The molecule has 2 aromatic rings. The van der Waals surface area contributed by atoms with Gasteiger partial charge in [0.1, 0.15) is 11.9 Å². The summed E-state index contributed by atoms with van der Waals surface area (Å²) in [4.78, 5) is 19.7. The zero-order valence-corrected chi connectivity index (χ0v) is 12.6. The summed E-state index contributed by atoms with van der Waals surface area (Å²) in [6.07, 6.45) is 3.22. The number of benzene rings is 1. The van der Waals surface area contributed by atoms with E-state index in [-0.39, 0.29) is 5.82 Å². The van der Waals surface area contributed by atoms with E-state index in [1.165, 1.54) is 12.1 Å². The Balaban J connectivity index is 1.69. The van der Waals surface area contributed by atoms with Crippen LogP contribution >= 0.6 is 0 Å². The number of aromatic nitrogens is 1. The molecule has 0 unspecified atom stereocenters. The number of aliphatic carboxylic acids is 1. The van der Waals surface area contributed by atoms with Gasteiger partial charge in [-0.25, -0.2) is 4.39 Å². The van der Waals surface area contributed by atoms with Crippen LogP contribution in [0.3, 0.4) is 0 Å². The Kier molecular flexibility index (Phi) is 4.52. The second-order valence-corrected chi connectivity index (χ2v) is 5.52. The van der Waals surface area contributed by atoms with Crippen LogP contribution < -0.4 is 4.90 Å². The van der Waals surface area contributed by atoms with Crippen LogP contribution in [0.15, 0.2) is 48.8 Å². The Morgan fingerprint density at radius 1 is 1.04 bits per heavy atom. The molecule has 5 nitrogen and oxygen atoms in total. The second kappa shape index (κ2) is 6.75. The third-order valence-electron chi connectivity index (χ3n) is 4.13. The molecule has 6 heteroatoms. The van der Waals surface area contributed by atoms with Crippen molar-refractivity contribution in [3.05, 3.63) is 60.2 Å². The quantitative estimate of drug-likeness (QED) is 0.937. The number of nitrogens with zero attached hydrogens (tertiary/aromatic N) is 3. The summed E-state index contributed by atoms with van der Waals surface area (Å²) < 4.78 is 13.0. The highest BCUT2D eigenvalue weighted by Crippen LogP contribution is 2.24. The van der Waals surface area contributed by atoms with Crippen LogP contribution in [-0.2, 0) is 4.79 Å². The minimum atomic E-state index is -0.855. The molecule has 2 heterocycles. The van der Waals surface area contributed by atoms with Crippen molar-refractivity contribution >= 4 is 11.7 Å². The summed E-state index contributed by atoms with van der Waals surface area (Å²) in [6.45, 7) is 2.69. The van der Waals surface area contributed by atoms with Crippen molar-refractivity contribution in [1.29, 1.82) is 0 Å². The van der Waals surface area contributed by atoms with E-state index in [0.29, 0.717) is 26.2 Å². The molecule has 0 spiro atoms. The van der Waals surface area contributed by atoms with Gasteiger partial charge in [0.15, 0.2) is 0 Å². The molecule has 0 amide bonds. The number of piperazine rings is 1. The summed E-state index contributed by atoms with van der Waals surface area (Å²) in [5.74, 6) is -1.11. The summed E-state index contributed by atoms with van der Waals surface area (Å²) in [5.41, 5.74) is 1.70. The maximum Gasteiger partial charge on any atom is 0.325 e. The molecule has 1 saturated heterocycles. The van der Waals surface area contributed by atoms with Crippen LogP contribution in [0.5, 0.6) is 0 Å². The highest BCUT2D eigenvalue weighted by Gasteiger charge is 2.30. The molecule has 120 valence electrons. The minimum Gasteiger partial charge on any atom is -0.480 e. The minimum absolute atomic E-state index is 0.254. The van der Waals surface area contributed by atoms with Gasteiger partial charge in [-0.15, -0.1) is 0 Å². The lowest BCUT2D eigenvalue weighted by molar-refractivity contribution is -0.143. The van der Waals surface area contributed by atoms with Gasteiger partial charge >= 0.3 is 5.97 Å². The maximum absolute atomic E-state index is 13.0. The predicted octanol–water partition coefficient (Wildman–Crippen LogP) is 2.17. The third kappa shape index (κ3) is 3.48. The molecule has 1 aromatic heterocycles. The molecule has 3 rings (SSSR count). The first-order valence-corrected chi connectivity index (χ1v) is 7.52. The van der Waals surface area contributed by atoms with E-state index in [2.05, 4.69) is 9.88 Å². The number of carboxylic acid groups (broad SMARTS) is 1. The van der Waals surface area contributed by atoms with E-state index in [0.717, 1.165) is 11.3 Å². The monoisotopic (exact) mass is 315 g/mol. The Hall–Kier alpha value is -2.47. The maximum atomic E-state index is 13.0. The molecular formula is C17H18FN3O2. The van der Waals surface area contributed by atoms with Crippen molar-refractivity contribution in [2.75, 3.05) is 31.1 Å². The summed E-state index contributed by atoms with van der Waals surface area (Å²) in [6, 6.07) is 9.21. The fraction of sp³-hybridized carbons (Fsp3) is 0.294. The van der Waals surface area contributed by atoms with Gasteiger partial charge in [-0.05, 0) is 42.0 Å². The summed E-state index contributed by atoms with van der Waals surface area (Å²) in [7, 11) is 0. The number of rotatable bonds is 4. The van der Waals surface area contributed by atoms with Crippen LogP contribution in [0.25, 0.3) is 0 Å². The predicted molar refractivity (Wildman–Crippen MR) is 84.8 cm³/mol. The summed E-state index contributed by atoms with van der Waals surface area (Å²) in [5, 5.41) is 9.58. The van der Waals surface area contributed by atoms with Crippen molar-refractivity contribution in [2.45, 2.75) is 6.04 Å². The van der Waals surface area contributed by atoms with Crippen molar-refractivity contribution in [2.24, 2.45) is 0 Å². The Morgan fingerprint density at radius 3 is 2.22 bits per heavy atom. The number of carbonyl (C=O) groups is 1. The van der Waals surface area contributed by atoms with Crippen molar-refractivity contribution in [3.8, 4) is 0 Å². The van der Waals surface area contributed by atoms with Gasteiger partial charge in [0.25, 0.3) is 0 Å². The topological polar surface area (TPSA) is 56.7 Å². The molecule has 23 heavy (non-hydrogen) atoms. The number of pyridine rings is 1. The van der Waals surface area contributed by atoms with Gasteiger partial charge in [-0.1, -0.05) is 0 Å². The fourth-order valence-electron chi connectivity index (χ4n) is 2.95. The molecule has 1 N–H and O–H groups in total. The first-order chi connectivity index (χ1) is 11.1. The highest BCUT2D eigenvalue weighted by atomic mass is 19.1. The lowest BCUT2D eigenvalue weighted by Gasteiger charge is -2.38. The Labute approximate surface area is 134 Å². The summed E-state index contributed by atoms with van der Waals surface area (Å²) >= 11 is 0. The van der Waals surface area contributed by atoms with E-state index in [1.807, 2.05) is 4.90 Å². The van der Waals surface area contributed by atoms with Crippen LogP contribution in [0.1, 0.15) is 11.6 Å². The average molecular weight is 315 g/mol. The molecule has 0 radical (unpaired) electrons. The molecule has 1 atom stereocenters. The van der Waals surface area contributed by atoms with Gasteiger partial charge in [-0.3, -0.25) is 14.7 Å². The lowest BCUT2D eigenvalue weighted by Crippen LogP contribution is -2.49. The van der Waals surface area contributed by atoms with E-state index in [9.17, 15) is 14.3 Å². The highest BCUT2D eigenvalue weighted by molar-refractivity contribution is 5.75. The molecule has 0 saturated carbocycles. The van der Waals surface area contributed by atoms with E-state index in [1.54, 1.807) is 36.7 Å². The van der Waals surface area contributed by atoms with Crippen LogP contribution in [0, 0.1) is 5.82 Å². The lowest BCUT2D eigenvalue weighted by atomic mass is 10.1. The normalized spacial score (nSPS) is 17.0. The molecule has 0 aliphatic carbocycles. The molecule has 0 bridgehead atoms.